The first kappa shape index (κ1) is 16.4. The minimum Gasteiger partial charge on any atom is -0.298 e. The Kier molecular flexibility index (Phi) is 5.11. The van der Waals surface area contributed by atoms with E-state index in [-0.39, 0.29) is 0 Å². The summed E-state index contributed by atoms with van der Waals surface area (Å²) in [7, 11) is 0. The second-order valence-corrected chi connectivity index (χ2v) is 7.86. The lowest BCUT2D eigenvalue weighted by Gasteiger charge is -2.49. The van der Waals surface area contributed by atoms with Crippen molar-refractivity contribution in [2.75, 3.05) is 39.3 Å². The molecule has 3 heterocycles. The van der Waals surface area contributed by atoms with Gasteiger partial charge in [-0.1, -0.05) is 19.3 Å². The SMILES string of the molecule is Cc1cncc(CN2CC(N3CCN(C4CCCCC4)CC3)C2)n1. The van der Waals surface area contributed by atoms with Gasteiger partial charge >= 0.3 is 0 Å². The highest BCUT2D eigenvalue weighted by atomic mass is 15.4. The summed E-state index contributed by atoms with van der Waals surface area (Å²) in [6.45, 7) is 10.4. The number of nitrogens with zero attached hydrogens (tertiary/aromatic N) is 5. The second kappa shape index (κ2) is 7.46. The molecule has 0 unspecified atom stereocenters. The minimum absolute atomic E-state index is 0.760. The highest BCUT2D eigenvalue weighted by Gasteiger charge is 2.34. The van der Waals surface area contributed by atoms with Crippen molar-refractivity contribution in [1.29, 1.82) is 0 Å². The lowest BCUT2D eigenvalue weighted by atomic mass is 9.93. The molecule has 0 N–H and O–H groups in total. The quantitative estimate of drug-likeness (QED) is 0.843. The molecule has 0 amide bonds. The zero-order chi connectivity index (χ0) is 16.4. The van der Waals surface area contributed by atoms with Gasteiger partial charge in [-0.05, 0) is 19.8 Å². The first-order valence-corrected chi connectivity index (χ1v) is 9.76. The summed E-state index contributed by atoms with van der Waals surface area (Å²) in [4.78, 5) is 16.8. The van der Waals surface area contributed by atoms with E-state index in [1.807, 2.05) is 19.3 Å². The van der Waals surface area contributed by atoms with Gasteiger partial charge in [-0.2, -0.15) is 0 Å². The molecule has 1 aromatic rings. The summed E-state index contributed by atoms with van der Waals surface area (Å²) >= 11 is 0. The highest BCUT2D eigenvalue weighted by Crippen LogP contribution is 2.25. The third-order valence-corrected chi connectivity index (χ3v) is 6.08. The zero-order valence-corrected chi connectivity index (χ0v) is 15.0. The largest absolute Gasteiger partial charge is 0.298 e. The van der Waals surface area contributed by atoms with E-state index in [4.69, 9.17) is 0 Å². The van der Waals surface area contributed by atoms with Gasteiger partial charge in [0.1, 0.15) is 0 Å². The van der Waals surface area contributed by atoms with E-state index < -0.39 is 0 Å². The molecular formula is C19H31N5. The summed E-state index contributed by atoms with van der Waals surface area (Å²) in [5, 5.41) is 0. The lowest BCUT2D eigenvalue weighted by molar-refractivity contribution is -0.0109. The van der Waals surface area contributed by atoms with Crippen LogP contribution in [0.4, 0.5) is 0 Å². The molecule has 24 heavy (non-hydrogen) atoms. The first-order chi connectivity index (χ1) is 11.8. The van der Waals surface area contributed by atoms with Crippen LogP contribution in [0.25, 0.3) is 0 Å². The van der Waals surface area contributed by atoms with Crippen LogP contribution in [0.2, 0.25) is 0 Å². The Balaban J connectivity index is 1.19. The Hall–Kier alpha value is -1.04. The molecule has 0 aromatic carbocycles. The van der Waals surface area contributed by atoms with E-state index >= 15 is 0 Å². The molecule has 2 aliphatic heterocycles. The maximum absolute atomic E-state index is 4.57. The monoisotopic (exact) mass is 329 g/mol. The molecule has 5 nitrogen and oxygen atoms in total. The van der Waals surface area contributed by atoms with E-state index in [0.717, 1.165) is 30.0 Å². The predicted molar refractivity (Wildman–Crippen MR) is 95.9 cm³/mol. The fourth-order valence-electron chi connectivity index (χ4n) is 4.64. The van der Waals surface area contributed by atoms with Crippen molar-refractivity contribution in [2.24, 2.45) is 0 Å². The van der Waals surface area contributed by atoms with Gasteiger partial charge in [0.05, 0.1) is 11.4 Å². The Bertz CT molecular complexity index is 528. The number of piperazine rings is 1. The molecule has 2 saturated heterocycles. The molecule has 0 atom stereocenters. The average molecular weight is 329 g/mol. The molecule has 4 rings (SSSR count). The number of likely N-dealkylation sites (tertiary alicyclic amines) is 1. The number of rotatable bonds is 4. The number of hydrogen-bond donors (Lipinski definition) is 0. The highest BCUT2D eigenvalue weighted by molar-refractivity contribution is 5.03. The lowest BCUT2D eigenvalue weighted by Crippen LogP contribution is -2.63. The standard InChI is InChI=1S/C19H31N5/c1-16-11-20-12-17(21-16)13-22-14-19(15-22)24-9-7-23(8-10-24)18-5-3-2-4-6-18/h11-12,18-19H,2-10,13-15H2,1H3. The van der Waals surface area contributed by atoms with Crippen molar-refractivity contribution < 1.29 is 0 Å². The Morgan fingerprint density at radius 2 is 1.58 bits per heavy atom. The minimum atomic E-state index is 0.760. The molecule has 5 heteroatoms. The van der Waals surface area contributed by atoms with E-state index in [9.17, 15) is 0 Å². The van der Waals surface area contributed by atoms with Gasteiger partial charge in [0.25, 0.3) is 0 Å². The second-order valence-electron chi connectivity index (χ2n) is 7.86. The Morgan fingerprint density at radius 1 is 0.917 bits per heavy atom. The Morgan fingerprint density at radius 3 is 2.25 bits per heavy atom. The van der Waals surface area contributed by atoms with Crippen molar-refractivity contribution in [3.05, 3.63) is 23.8 Å². The van der Waals surface area contributed by atoms with Gasteiger partial charge in [0.2, 0.25) is 0 Å². The smallest absolute Gasteiger partial charge is 0.0730 e. The molecule has 0 spiro atoms. The maximum atomic E-state index is 4.57. The van der Waals surface area contributed by atoms with Gasteiger partial charge in [-0.3, -0.25) is 24.7 Å². The zero-order valence-electron chi connectivity index (χ0n) is 15.0. The van der Waals surface area contributed by atoms with Gasteiger partial charge in [-0.15, -0.1) is 0 Å². The van der Waals surface area contributed by atoms with Gasteiger partial charge < -0.3 is 0 Å². The summed E-state index contributed by atoms with van der Waals surface area (Å²) in [5.41, 5.74) is 2.12. The van der Waals surface area contributed by atoms with Crippen molar-refractivity contribution in [1.82, 2.24) is 24.7 Å². The van der Waals surface area contributed by atoms with Crippen molar-refractivity contribution in [3.8, 4) is 0 Å². The summed E-state index contributed by atoms with van der Waals surface area (Å²) in [6, 6.07) is 1.65. The Labute approximate surface area is 146 Å². The third kappa shape index (κ3) is 3.79. The van der Waals surface area contributed by atoms with E-state index in [1.54, 1.807) is 0 Å². The van der Waals surface area contributed by atoms with Crippen LogP contribution in [-0.4, -0.2) is 76.0 Å². The van der Waals surface area contributed by atoms with Crippen LogP contribution >= 0.6 is 0 Å². The van der Waals surface area contributed by atoms with Crippen LogP contribution < -0.4 is 0 Å². The number of hydrogen-bond acceptors (Lipinski definition) is 5. The topological polar surface area (TPSA) is 35.5 Å². The van der Waals surface area contributed by atoms with Crippen LogP contribution in [0.5, 0.6) is 0 Å². The van der Waals surface area contributed by atoms with Gasteiger partial charge in [0.15, 0.2) is 0 Å². The molecule has 1 saturated carbocycles. The van der Waals surface area contributed by atoms with Crippen LogP contribution in [0.15, 0.2) is 12.4 Å². The van der Waals surface area contributed by atoms with Gasteiger partial charge in [0, 0.05) is 70.3 Å². The summed E-state index contributed by atoms with van der Waals surface area (Å²) < 4.78 is 0. The van der Waals surface area contributed by atoms with Crippen LogP contribution in [0, 0.1) is 6.92 Å². The maximum Gasteiger partial charge on any atom is 0.0730 e. The summed E-state index contributed by atoms with van der Waals surface area (Å²) in [5.74, 6) is 0. The van der Waals surface area contributed by atoms with Crippen LogP contribution in [-0.2, 0) is 6.54 Å². The van der Waals surface area contributed by atoms with Crippen LogP contribution in [0.3, 0.4) is 0 Å². The third-order valence-electron chi connectivity index (χ3n) is 6.08. The van der Waals surface area contributed by atoms with Crippen molar-refractivity contribution in [3.63, 3.8) is 0 Å². The molecule has 1 aromatic heterocycles. The van der Waals surface area contributed by atoms with E-state index in [1.165, 1.54) is 71.4 Å². The fraction of sp³-hybridized carbons (Fsp3) is 0.789. The molecule has 3 fully saturated rings. The predicted octanol–water partition coefficient (Wildman–Crippen LogP) is 1.92. The summed E-state index contributed by atoms with van der Waals surface area (Å²) in [6.07, 6.45) is 11.0. The van der Waals surface area contributed by atoms with Gasteiger partial charge in [-0.25, -0.2) is 0 Å². The molecule has 0 radical (unpaired) electrons. The average Bonchev–Trinajstić information content (AvgIpc) is 2.59. The fourth-order valence-corrected chi connectivity index (χ4v) is 4.64. The van der Waals surface area contributed by atoms with Crippen LogP contribution in [0.1, 0.15) is 43.5 Å². The first-order valence-electron chi connectivity index (χ1n) is 9.76. The van der Waals surface area contributed by atoms with Crippen molar-refractivity contribution >= 4 is 0 Å². The number of aryl methyl sites for hydroxylation is 1. The van der Waals surface area contributed by atoms with Crippen molar-refractivity contribution in [2.45, 2.75) is 57.7 Å². The molecular weight excluding hydrogens is 298 g/mol. The molecule has 3 aliphatic rings. The van der Waals surface area contributed by atoms with E-state index in [2.05, 4.69) is 24.7 Å². The van der Waals surface area contributed by atoms with E-state index in [0.29, 0.717) is 0 Å². The molecule has 132 valence electrons. The number of aromatic nitrogens is 2. The molecule has 1 aliphatic carbocycles. The normalized spacial score (nSPS) is 25.7. The molecule has 0 bridgehead atoms.